The summed E-state index contributed by atoms with van der Waals surface area (Å²) < 4.78 is 92.6. The predicted octanol–water partition coefficient (Wildman–Crippen LogP) is 14.2. The Bertz CT molecular complexity index is 1890. The zero-order valence-electron chi connectivity index (χ0n) is 54.1. The first kappa shape index (κ1) is 87.3. The van der Waals surface area contributed by atoms with Gasteiger partial charge in [-0.3, -0.25) is 14.4 Å². The van der Waals surface area contributed by atoms with Gasteiger partial charge >= 0.3 is 74.8 Å². The fourth-order valence-electron chi connectivity index (χ4n) is 6.87. The number of nitrogens with zero attached hydrogens (tertiary/aromatic N) is 1. The Morgan fingerprint density at radius 2 is 1.18 bits per heavy atom. The molecule has 0 aliphatic heterocycles. The summed E-state index contributed by atoms with van der Waals surface area (Å²) in [6.07, 6.45) is 13.9. The Hall–Kier alpha value is -1.47. The molecule has 1 aromatic carbocycles. The number of amides is 1. The Morgan fingerprint density at radius 1 is 0.662 bits per heavy atom. The smallest absolute Gasteiger partial charge is 0.534 e. The van der Waals surface area contributed by atoms with Crippen LogP contribution in [0.3, 0.4) is 0 Å². The van der Waals surface area contributed by atoms with Crippen LogP contribution < -0.4 is 51.4 Å². The van der Waals surface area contributed by atoms with Crippen molar-refractivity contribution in [3.05, 3.63) is 52.8 Å². The summed E-state index contributed by atoms with van der Waals surface area (Å²) in [4.78, 5) is 46.5. The molecule has 0 radical (unpaired) electrons. The number of benzene rings is 1. The first-order valence-corrected chi connectivity index (χ1v) is 36.8. The minimum absolute atomic E-state index is 0. The van der Waals surface area contributed by atoms with Crippen molar-refractivity contribution in [3.8, 4) is 0 Å². The third-order valence-electron chi connectivity index (χ3n) is 13.0. The van der Waals surface area contributed by atoms with Crippen molar-refractivity contribution < 1.29 is 120 Å². The molecule has 0 saturated heterocycles. The molecule has 3 atom stereocenters. The molecule has 0 N–H and O–H groups in total. The maximum absolute atomic E-state index is 12.1. The van der Waals surface area contributed by atoms with Gasteiger partial charge in [-0.2, -0.15) is 13.2 Å². The Kier molecular flexibility index (Phi) is 52.1. The van der Waals surface area contributed by atoms with Gasteiger partial charge in [0.25, 0.3) is 0 Å². The number of unbranched alkanes of at least 4 members (excludes halogenated alkanes) is 1. The Morgan fingerprint density at radius 3 is 1.60 bits per heavy atom. The van der Waals surface area contributed by atoms with E-state index in [9.17, 15) is 40.8 Å². The van der Waals surface area contributed by atoms with Crippen LogP contribution in [0.2, 0.25) is 38.3 Å². The zero-order chi connectivity index (χ0) is 62.1. The van der Waals surface area contributed by atoms with Crippen LogP contribution in [0.1, 0.15) is 210 Å². The number of alkyl halides is 3. The number of rotatable bonds is 34. The van der Waals surface area contributed by atoms with Crippen molar-refractivity contribution in [1.82, 2.24) is 0 Å². The first-order chi connectivity index (χ1) is 36.5. The van der Waals surface area contributed by atoms with E-state index in [2.05, 4.69) is 86.0 Å². The molecule has 1 rings (SSSR count). The molecule has 0 fully saturated rings. The van der Waals surface area contributed by atoms with E-state index in [0.29, 0.717) is 52.2 Å². The summed E-state index contributed by atoms with van der Waals surface area (Å²) in [5, 5.41) is 0. The van der Waals surface area contributed by atoms with Crippen molar-refractivity contribution >= 4 is 50.5 Å². The van der Waals surface area contributed by atoms with Gasteiger partial charge in [0, 0.05) is 6.61 Å². The maximum Gasteiger partial charge on any atom is 1.00 e. The fraction of sp³-hybridized carbons (Fsp3) is 0.800. The maximum atomic E-state index is 12.1. The molecule has 1 amide bonds. The van der Waals surface area contributed by atoms with E-state index in [1.807, 2.05) is 68.4 Å². The molecule has 466 valence electrons. The molecule has 0 aromatic heterocycles. The third-order valence-corrected chi connectivity index (χ3v) is 21.6. The number of allylic oxidation sites excluding steroid dienone is 1. The molecule has 1 aromatic rings. The van der Waals surface area contributed by atoms with E-state index >= 15 is 0 Å². The molecular weight excluding hydrogens is 1110 g/mol. The van der Waals surface area contributed by atoms with Gasteiger partial charge in [0.05, 0.1) is 55.7 Å². The van der Waals surface area contributed by atoms with E-state index < -0.39 is 38.1 Å². The number of hydrogen-bond acceptors (Lipinski definition) is 12. The van der Waals surface area contributed by atoms with Crippen LogP contribution in [0.25, 0.3) is 4.72 Å². The number of carbonyl (C=O) groups is 4. The normalized spacial score (nSPS) is 13.1. The van der Waals surface area contributed by atoms with Crippen LogP contribution in [0.5, 0.6) is 0 Å². The van der Waals surface area contributed by atoms with Gasteiger partial charge < -0.3 is 37.3 Å². The molecule has 3 unspecified atom stereocenters. The molecule has 0 spiro atoms. The molecule has 0 saturated carbocycles. The van der Waals surface area contributed by atoms with E-state index in [-0.39, 0.29) is 97.5 Å². The quantitative estimate of drug-likeness (QED) is 0.0210. The average molecular weight is 1220 g/mol. The van der Waals surface area contributed by atoms with Gasteiger partial charge in [-0.15, -0.1) is 6.58 Å². The second-order valence-corrected chi connectivity index (χ2v) is 33.4. The number of ether oxygens (including phenoxy) is 5. The first-order valence-electron chi connectivity index (χ1n) is 29.1. The topological polar surface area (TPSA) is 172 Å². The van der Waals surface area contributed by atoms with Gasteiger partial charge in [-0.25, -0.2) is 8.42 Å². The van der Waals surface area contributed by atoms with E-state index in [1.165, 1.54) is 31.0 Å². The van der Waals surface area contributed by atoms with E-state index in [1.54, 1.807) is 12.1 Å². The van der Waals surface area contributed by atoms with Crippen LogP contribution in [0.15, 0.2) is 36.9 Å². The summed E-state index contributed by atoms with van der Waals surface area (Å²) in [5.74, 6) is 0.00964. The van der Waals surface area contributed by atoms with Gasteiger partial charge in [-0.05, 0) is 153 Å². The largest absolute Gasteiger partial charge is 1.00 e. The van der Waals surface area contributed by atoms with Crippen molar-refractivity contribution in [3.63, 3.8) is 0 Å². The average Bonchev–Trinajstić information content (AvgIpc) is 3.37. The molecule has 20 heteroatoms. The monoisotopic (exact) mass is 1220 g/mol. The number of carbonyl (C=O) groups excluding carboxylic acids is 4. The number of halogens is 3. The standard InChI is InChI=1S/C17H38O3Si2.C14H28O2.C12H14F3NO3S.C11H22O4.C6H12.K/c1-9-11-14-21(5,6)20-22(7,8)15-12-13-19-16(18)17(3,4)10-2;1-6-10-14(5,7-2)13(15)16-11-8-9-12(3)4;1-3-8(2)9-4-6-10(7-5-9)11(17)16-20(18,19)12(13,14)15;1-4-10(3)11(12)15-9-8-14-7-6-13-5-2;1-4-5-6(2)3;/h9-15H2,1-8H3;12H,6-11H2,1-5H3;4-8H,3H2,1-2H3,(H,16,17);10H,4-9H2,1-3H3;4,6H,1,5H2,2-3H3;/q;;;;;+1/p-1. The van der Waals surface area contributed by atoms with E-state index in [0.717, 1.165) is 81.7 Å². The van der Waals surface area contributed by atoms with E-state index in [4.69, 9.17) is 27.8 Å². The minimum Gasteiger partial charge on any atom is -0.534 e. The summed E-state index contributed by atoms with van der Waals surface area (Å²) in [7, 11) is -8.97. The van der Waals surface area contributed by atoms with Crippen molar-refractivity contribution in [2.24, 2.45) is 28.6 Å². The number of esters is 3. The van der Waals surface area contributed by atoms with Gasteiger partial charge in [-0.1, -0.05) is 133 Å². The van der Waals surface area contributed by atoms with Gasteiger partial charge in [0.15, 0.2) is 26.7 Å². The summed E-state index contributed by atoms with van der Waals surface area (Å²) in [5.41, 5.74) is -5.50. The summed E-state index contributed by atoms with van der Waals surface area (Å²) >= 11 is 0. The number of sulfonamides is 1. The van der Waals surface area contributed by atoms with Crippen LogP contribution in [-0.4, -0.2) is 101 Å². The molecular formula is C60H113F3KNO12SSi2. The molecule has 0 heterocycles. The molecule has 0 aliphatic rings. The third kappa shape index (κ3) is 45.0. The van der Waals surface area contributed by atoms with Crippen molar-refractivity contribution in [2.45, 2.75) is 238 Å². The summed E-state index contributed by atoms with van der Waals surface area (Å²) in [6.45, 7) is 49.3. The van der Waals surface area contributed by atoms with Crippen LogP contribution in [0.4, 0.5) is 13.2 Å². The molecule has 0 aliphatic carbocycles. The second-order valence-electron chi connectivity index (χ2n) is 23.0. The fourth-order valence-corrected chi connectivity index (χ4v) is 16.3. The van der Waals surface area contributed by atoms with Crippen LogP contribution >= 0.6 is 0 Å². The Balaban J connectivity index is -0.000000303. The Labute approximate surface area is 531 Å². The van der Waals surface area contributed by atoms with Crippen LogP contribution in [-0.2, 0) is 52.2 Å². The number of hydrogen-bond donors (Lipinski definition) is 0. The van der Waals surface area contributed by atoms with Crippen molar-refractivity contribution in [1.29, 1.82) is 0 Å². The van der Waals surface area contributed by atoms with Gasteiger partial charge in [0.1, 0.15) is 6.61 Å². The summed E-state index contributed by atoms with van der Waals surface area (Å²) in [6, 6.07) is 7.97. The van der Waals surface area contributed by atoms with Crippen molar-refractivity contribution in [2.75, 3.05) is 46.2 Å². The zero-order valence-corrected chi connectivity index (χ0v) is 60.1. The molecule has 80 heavy (non-hydrogen) atoms. The van der Waals surface area contributed by atoms with Crippen LogP contribution in [0, 0.1) is 28.6 Å². The second kappa shape index (κ2) is 47.7. The SMILES string of the molecule is C=CCC(C)C.CCC(C)c1ccc(C(=O)[N-]S(=O)(=O)C(F)(F)F)cc1.CCCC(C)(CC)C(=O)OCCCC(C)C.CCCC[Si](C)(C)O[Si](C)(C)CCCOC(=O)C(C)(C)CC.CCOCCOCCOC(=O)C(C)CC.[K+]. The minimum atomic E-state index is -5.80. The molecule has 13 nitrogen and oxygen atoms in total. The molecule has 0 bridgehead atoms. The van der Waals surface area contributed by atoms with Gasteiger partial charge in [0.2, 0.25) is 0 Å². The predicted molar refractivity (Wildman–Crippen MR) is 324 cm³/mol.